The van der Waals surface area contributed by atoms with Crippen LogP contribution in [0.1, 0.15) is 36.8 Å². The summed E-state index contributed by atoms with van der Waals surface area (Å²) < 4.78 is 37.4. The molecule has 1 saturated heterocycles. The number of aryl methyl sites for hydroxylation is 1. The Balaban J connectivity index is 1.73. The summed E-state index contributed by atoms with van der Waals surface area (Å²) in [6.45, 7) is 1.40. The SMILES string of the molecule is O=S(=O)(F)N1CCC(c2nnc3n2CCC3)CC1. The average Bonchev–Trinajstić information content (AvgIpc) is 2.89. The fraction of sp³-hybridized carbons (Fsp3) is 0.800. The van der Waals surface area contributed by atoms with Crippen molar-refractivity contribution in [3.05, 3.63) is 11.6 Å². The zero-order chi connectivity index (χ0) is 12.8. The van der Waals surface area contributed by atoms with E-state index in [9.17, 15) is 12.3 Å². The molecule has 18 heavy (non-hydrogen) atoms. The maximum Gasteiger partial charge on any atom is 0.374 e. The van der Waals surface area contributed by atoms with Crippen molar-refractivity contribution < 1.29 is 12.3 Å². The molecule has 1 aromatic rings. The largest absolute Gasteiger partial charge is 0.374 e. The summed E-state index contributed by atoms with van der Waals surface area (Å²) in [5.41, 5.74) is 0. The summed E-state index contributed by atoms with van der Waals surface area (Å²) >= 11 is 0. The third kappa shape index (κ3) is 2.03. The molecule has 0 atom stereocenters. The highest BCUT2D eigenvalue weighted by Gasteiger charge is 2.31. The fourth-order valence-electron chi connectivity index (χ4n) is 2.81. The lowest BCUT2D eigenvalue weighted by Gasteiger charge is -2.28. The van der Waals surface area contributed by atoms with Gasteiger partial charge in [0.25, 0.3) is 0 Å². The topological polar surface area (TPSA) is 68.1 Å². The summed E-state index contributed by atoms with van der Waals surface area (Å²) in [5.74, 6) is 2.16. The number of hydrogen-bond donors (Lipinski definition) is 0. The molecule has 0 spiro atoms. The first kappa shape index (κ1) is 12.0. The Bertz CT molecular complexity index is 548. The summed E-state index contributed by atoms with van der Waals surface area (Å²) in [4.78, 5) is 0. The van der Waals surface area contributed by atoms with Gasteiger partial charge in [-0.3, -0.25) is 0 Å². The second kappa shape index (κ2) is 4.27. The van der Waals surface area contributed by atoms with Gasteiger partial charge in [-0.25, -0.2) is 0 Å². The van der Waals surface area contributed by atoms with Crippen LogP contribution in [0.15, 0.2) is 0 Å². The molecule has 0 bridgehead atoms. The Morgan fingerprint density at radius 2 is 1.89 bits per heavy atom. The van der Waals surface area contributed by atoms with Gasteiger partial charge in [-0.05, 0) is 19.3 Å². The van der Waals surface area contributed by atoms with Crippen LogP contribution in [0.4, 0.5) is 3.89 Å². The van der Waals surface area contributed by atoms with E-state index in [1.54, 1.807) is 0 Å². The fourth-order valence-corrected chi connectivity index (χ4v) is 3.45. The van der Waals surface area contributed by atoms with E-state index in [-0.39, 0.29) is 19.0 Å². The van der Waals surface area contributed by atoms with Gasteiger partial charge < -0.3 is 4.57 Å². The van der Waals surface area contributed by atoms with Crippen LogP contribution in [0, 0.1) is 0 Å². The van der Waals surface area contributed by atoms with Crippen LogP contribution in [0.3, 0.4) is 0 Å². The van der Waals surface area contributed by atoms with Crippen molar-refractivity contribution in [1.82, 2.24) is 19.1 Å². The lowest BCUT2D eigenvalue weighted by Crippen LogP contribution is -2.36. The number of nitrogens with zero attached hydrogens (tertiary/aromatic N) is 4. The number of aromatic nitrogens is 3. The Morgan fingerprint density at radius 3 is 2.56 bits per heavy atom. The van der Waals surface area contributed by atoms with Crippen LogP contribution in [-0.2, 0) is 23.4 Å². The Hall–Kier alpha value is -1.02. The molecule has 0 aliphatic carbocycles. The minimum atomic E-state index is -4.54. The van der Waals surface area contributed by atoms with Gasteiger partial charge in [0.05, 0.1) is 0 Å². The van der Waals surface area contributed by atoms with Crippen molar-refractivity contribution in [2.45, 2.75) is 38.1 Å². The predicted octanol–water partition coefficient (Wildman–Crippen LogP) is 0.618. The van der Waals surface area contributed by atoms with Gasteiger partial charge in [-0.15, -0.1) is 10.2 Å². The van der Waals surface area contributed by atoms with Crippen LogP contribution in [-0.4, -0.2) is 40.6 Å². The minimum Gasteiger partial charge on any atom is -0.315 e. The maximum atomic E-state index is 12.8. The van der Waals surface area contributed by atoms with E-state index >= 15 is 0 Å². The van der Waals surface area contributed by atoms with Crippen molar-refractivity contribution in [3.8, 4) is 0 Å². The molecule has 0 aromatic carbocycles. The van der Waals surface area contributed by atoms with Crippen molar-refractivity contribution in [2.75, 3.05) is 13.1 Å². The van der Waals surface area contributed by atoms with Gasteiger partial charge in [0, 0.05) is 32.0 Å². The molecule has 2 aliphatic heterocycles. The van der Waals surface area contributed by atoms with Crippen molar-refractivity contribution in [3.63, 3.8) is 0 Å². The summed E-state index contributed by atoms with van der Waals surface area (Å²) in [6.07, 6.45) is 3.28. The molecule has 1 fully saturated rings. The summed E-state index contributed by atoms with van der Waals surface area (Å²) in [5, 5.41) is 8.35. The molecular weight excluding hydrogens is 259 g/mol. The van der Waals surface area contributed by atoms with Gasteiger partial charge in [0.1, 0.15) is 11.6 Å². The molecular formula is C10H15FN4O2S. The number of hydrogen-bond acceptors (Lipinski definition) is 4. The Morgan fingerprint density at radius 1 is 1.17 bits per heavy atom. The van der Waals surface area contributed by atoms with E-state index in [2.05, 4.69) is 14.8 Å². The Kier molecular flexibility index (Phi) is 2.86. The quantitative estimate of drug-likeness (QED) is 0.741. The number of fused-ring (bicyclic) bond motifs is 1. The number of piperidine rings is 1. The maximum absolute atomic E-state index is 12.8. The average molecular weight is 274 g/mol. The molecule has 3 heterocycles. The summed E-state index contributed by atoms with van der Waals surface area (Å²) in [6, 6.07) is 0. The van der Waals surface area contributed by atoms with E-state index in [4.69, 9.17) is 0 Å². The molecule has 0 unspecified atom stereocenters. The number of halogens is 1. The molecule has 0 amide bonds. The van der Waals surface area contributed by atoms with Crippen LogP contribution in [0.25, 0.3) is 0 Å². The van der Waals surface area contributed by atoms with E-state index in [1.807, 2.05) is 0 Å². The molecule has 0 N–H and O–H groups in total. The smallest absolute Gasteiger partial charge is 0.315 e. The molecule has 0 saturated carbocycles. The second-order valence-electron chi connectivity index (χ2n) is 4.85. The first-order valence-electron chi connectivity index (χ1n) is 6.17. The van der Waals surface area contributed by atoms with Crippen LogP contribution in [0.5, 0.6) is 0 Å². The van der Waals surface area contributed by atoms with E-state index in [0.29, 0.717) is 12.8 Å². The second-order valence-corrected chi connectivity index (χ2v) is 6.19. The van der Waals surface area contributed by atoms with Crippen LogP contribution in [0.2, 0.25) is 0 Å². The van der Waals surface area contributed by atoms with Crippen molar-refractivity contribution in [2.24, 2.45) is 0 Å². The molecule has 100 valence electrons. The van der Waals surface area contributed by atoms with Gasteiger partial charge in [0.15, 0.2) is 0 Å². The lowest BCUT2D eigenvalue weighted by atomic mass is 9.97. The molecule has 2 aliphatic rings. The molecule has 8 heteroatoms. The van der Waals surface area contributed by atoms with Gasteiger partial charge in [0.2, 0.25) is 0 Å². The molecule has 1 aromatic heterocycles. The summed E-state index contributed by atoms with van der Waals surface area (Å²) in [7, 11) is -4.54. The van der Waals surface area contributed by atoms with Crippen molar-refractivity contribution >= 4 is 10.4 Å². The van der Waals surface area contributed by atoms with Crippen LogP contribution >= 0.6 is 0 Å². The molecule has 3 rings (SSSR count). The Labute approximate surface area is 105 Å². The third-order valence-corrected chi connectivity index (χ3v) is 4.75. The van der Waals surface area contributed by atoms with E-state index < -0.39 is 10.4 Å². The lowest BCUT2D eigenvalue weighted by molar-refractivity contribution is 0.297. The monoisotopic (exact) mass is 274 g/mol. The van der Waals surface area contributed by atoms with Gasteiger partial charge >= 0.3 is 10.4 Å². The normalized spacial score (nSPS) is 22.3. The van der Waals surface area contributed by atoms with E-state index in [1.165, 1.54) is 0 Å². The zero-order valence-corrected chi connectivity index (χ0v) is 10.7. The molecule has 6 nitrogen and oxygen atoms in total. The first-order valence-corrected chi connectivity index (χ1v) is 7.51. The number of rotatable bonds is 2. The zero-order valence-electron chi connectivity index (χ0n) is 9.92. The van der Waals surface area contributed by atoms with Crippen molar-refractivity contribution in [1.29, 1.82) is 0 Å². The molecule has 0 radical (unpaired) electrons. The van der Waals surface area contributed by atoms with Gasteiger partial charge in [-0.1, -0.05) is 3.89 Å². The minimum absolute atomic E-state index is 0.197. The van der Waals surface area contributed by atoms with Crippen LogP contribution < -0.4 is 0 Å². The predicted molar refractivity (Wildman–Crippen MR) is 61.9 cm³/mol. The van der Waals surface area contributed by atoms with Gasteiger partial charge in [-0.2, -0.15) is 12.7 Å². The highest BCUT2D eigenvalue weighted by Crippen LogP contribution is 2.30. The van der Waals surface area contributed by atoms with E-state index in [0.717, 1.165) is 35.3 Å². The highest BCUT2D eigenvalue weighted by atomic mass is 32.3. The third-order valence-electron chi connectivity index (χ3n) is 3.77. The standard InChI is InChI=1S/C10H15FN4O2S/c11-18(16,17)14-6-3-8(4-7-14)10-13-12-9-2-1-5-15(9)10/h8H,1-7H2. The highest BCUT2D eigenvalue weighted by molar-refractivity contribution is 7.83. The first-order chi connectivity index (χ1) is 8.55.